The van der Waals surface area contributed by atoms with Crippen LogP contribution in [-0.4, -0.2) is 80.0 Å². The van der Waals surface area contributed by atoms with Crippen molar-refractivity contribution in [3.63, 3.8) is 0 Å². The predicted octanol–water partition coefficient (Wildman–Crippen LogP) is 5.59. The predicted molar refractivity (Wildman–Crippen MR) is 164 cm³/mol. The zero-order valence-corrected chi connectivity index (χ0v) is 25.7. The number of ether oxygens (including phenoxy) is 4. The minimum Gasteiger partial charge on any atom is -0.495 e. The molecule has 2 aliphatic rings. The van der Waals surface area contributed by atoms with Gasteiger partial charge in [-0.15, -0.1) is 0 Å². The fraction of sp³-hybridized carbons (Fsp3) is 0.467. The highest BCUT2D eigenvalue weighted by Gasteiger charge is 2.33. The number of hydrogen-bond acceptors (Lipinski definition) is 10. The number of pyridine rings is 1. The van der Waals surface area contributed by atoms with Gasteiger partial charge in [-0.3, -0.25) is 4.79 Å². The van der Waals surface area contributed by atoms with Gasteiger partial charge >= 0.3 is 0 Å². The van der Waals surface area contributed by atoms with Crippen LogP contribution < -0.4 is 19.7 Å². The summed E-state index contributed by atoms with van der Waals surface area (Å²) in [5, 5.41) is 4.85. The van der Waals surface area contributed by atoms with E-state index in [-0.39, 0.29) is 33.4 Å². The Labute approximate surface area is 255 Å². The summed E-state index contributed by atoms with van der Waals surface area (Å²) in [6, 6.07) is 3.51. The summed E-state index contributed by atoms with van der Waals surface area (Å²) in [5.74, 6) is 2.51. The lowest BCUT2D eigenvalue weighted by Crippen LogP contribution is -2.44. The van der Waals surface area contributed by atoms with Gasteiger partial charge in [-0.1, -0.05) is 29.8 Å². The molecule has 2 atom stereocenters. The van der Waals surface area contributed by atoms with Crippen LogP contribution in [0.25, 0.3) is 22.3 Å². The molecule has 0 unspecified atom stereocenters. The van der Waals surface area contributed by atoms with Crippen LogP contribution in [0.1, 0.15) is 26.2 Å². The Bertz CT molecular complexity index is 1470. The van der Waals surface area contributed by atoms with Crippen LogP contribution in [0.2, 0.25) is 10.0 Å². The summed E-state index contributed by atoms with van der Waals surface area (Å²) in [4.78, 5) is 28.8. The number of rotatable bonds is 10. The molecule has 0 aliphatic carbocycles. The highest BCUT2D eigenvalue weighted by Crippen LogP contribution is 2.46. The maximum Gasteiger partial charge on any atom is 0.165 e. The number of nitrogens with zero attached hydrogens (tertiary/aromatic N) is 4. The molecule has 0 radical (unpaired) electrons. The Hall–Kier alpha value is -3.18. The first-order chi connectivity index (χ1) is 20.2. The molecule has 2 saturated heterocycles. The fourth-order valence-corrected chi connectivity index (χ4v) is 6.09. The number of halogens is 2. The molecule has 10 nitrogen and oxygen atoms in total. The van der Waals surface area contributed by atoms with E-state index in [0.29, 0.717) is 53.9 Å². The number of piperidine rings is 1. The van der Waals surface area contributed by atoms with Crippen molar-refractivity contribution in [2.75, 3.05) is 57.8 Å². The van der Waals surface area contributed by atoms with Crippen LogP contribution in [-0.2, 0) is 14.3 Å². The van der Waals surface area contributed by atoms with Gasteiger partial charge in [0.05, 0.1) is 66.4 Å². The lowest BCUT2D eigenvalue weighted by molar-refractivity contribution is -0.115. The quantitative estimate of drug-likeness (QED) is 0.290. The summed E-state index contributed by atoms with van der Waals surface area (Å²) < 4.78 is 22.4. The van der Waals surface area contributed by atoms with Crippen molar-refractivity contribution in [3.8, 4) is 22.9 Å². The SMILES string of the molecule is C=CC(=O)C[C@H]1COC[C@H]1Nc1cc2c(N3CCC(C)(OC)CC3)nc(-c3c(Cl)c(OC)cc(OC)c3Cl)nc2cn1. The van der Waals surface area contributed by atoms with E-state index in [0.717, 1.165) is 37.1 Å². The number of methoxy groups -OCH3 is 3. The zero-order valence-electron chi connectivity index (χ0n) is 24.2. The lowest BCUT2D eigenvalue weighted by Gasteiger charge is -2.39. The Morgan fingerprint density at radius 3 is 2.45 bits per heavy atom. The van der Waals surface area contributed by atoms with E-state index < -0.39 is 0 Å². The lowest BCUT2D eigenvalue weighted by atomic mass is 9.93. The molecule has 0 spiro atoms. The largest absolute Gasteiger partial charge is 0.495 e. The molecule has 2 aliphatic heterocycles. The van der Waals surface area contributed by atoms with Gasteiger partial charge in [-0.2, -0.15) is 0 Å². The maximum atomic E-state index is 12.0. The van der Waals surface area contributed by atoms with Gasteiger partial charge in [0.25, 0.3) is 0 Å². The van der Waals surface area contributed by atoms with Crippen LogP contribution in [0, 0.1) is 5.92 Å². The molecule has 42 heavy (non-hydrogen) atoms. The molecule has 224 valence electrons. The van der Waals surface area contributed by atoms with Crippen LogP contribution in [0.4, 0.5) is 11.6 Å². The number of fused-ring (bicyclic) bond motifs is 1. The summed E-state index contributed by atoms with van der Waals surface area (Å²) in [5.41, 5.74) is 0.830. The van der Waals surface area contributed by atoms with E-state index in [1.54, 1.807) is 19.4 Å². The Balaban J connectivity index is 1.59. The molecule has 0 bridgehead atoms. The highest BCUT2D eigenvalue weighted by atomic mass is 35.5. The zero-order chi connectivity index (χ0) is 30.0. The number of carbonyl (C=O) groups excluding carboxylic acids is 1. The summed E-state index contributed by atoms with van der Waals surface area (Å²) in [7, 11) is 4.80. The van der Waals surface area contributed by atoms with Crippen LogP contribution in [0.15, 0.2) is 31.0 Å². The number of allylic oxidation sites excluding steroid dienone is 1. The second-order valence-electron chi connectivity index (χ2n) is 10.8. The number of carbonyl (C=O) groups is 1. The fourth-order valence-electron chi connectivity index (χ4n) is 5.42. The molecule has 12 heteroatoms. The van der Waals surface area contributed by atoms with Crippen molar-refractivity contribution in [2.24, 2.45) is 5.92 Å². The van der Waals surface area contributed by atoms with Crippen LogP contribution in [0.5, 0.6) is 11.5 Å². The topological polar surface area (TPSA) is 108 Å². The Kier molecular flexibility index (Phi) is 9.08. The highest BCUT2D eigenvalue weighted by molar-refractivity contribution is 6.41. The summed E-state index contributed by atoms with van der Waals surface area (Å²) in [6.45, 7) is 8.15. The van der Waals surface area contributed by atoms with Gasteiger partial charge < -0.3 is 29.2 Å². The number of hydrogen-bond donors (Lipinski definition) is 1. The molecular weight excluding hydrogens is 581 g/mol. The average molecular weight is 617 g/mol. The molecule has 0 saturated carbocycles. The normalized spacial score (nSPS) is 20.0. The molecule has 2 fully saturated rings. The third-order valence-corrected chi connectivity index (χ3v) is 8.95. The molecule has 5 rings (SSSR count). The van der Waals surface area contributed by atoms with Crippen molar-refractivity contribution in [1.29, 1.82) is 0 Å². The van der Waals surface area contributed by atoms with E-state index in [9.17, 15) is 4.79 Å². The van der Waals surface area contributed by atoms with E-state index in [2.05, 4.69) is 28.7 Å². The third-order valence-electron chi connectivity index (χ3n) is 8.20. The molecule has 1 N–H and O–H groups in total. The molecule has 2 aromatic heterocycles. The van der Waals surface area contributed by atoms with Gasteiger partial charge in [0, 0.05) is 44.0 Å². The van der Waals surface area contributed by atoms with Crippen molar-refractivity contribution in [3.05, 3.63) is 41.0 Å². The molecular formula is C30H35Cl2N5O5. The van der Waals surface area contributed by atoms with E-state index in [1.165, 1.54) is 20.3 Å². The minimum absolute atomic E-state index is 0.00774. The minimum atomic E-state index is -0.205. The molecule has 4 heterocycles. The van der Waals surface area contributed by atoms with Gasteiger partial charge in [-0.05, 0) is 31.9 Å². The second kappa shape index (κ2) is 12.6. The molecule has 0 amide bonds. The van der Waals surface area contributed by atoms with Gasteiger partial charge in [0.15, 0.2) is 11.6 Å². The molecule has 1 aromatic carbocycles. The van der Waals surface area contributed by atoms with Crippen molar-refractivity contribution >= 4 is 51.5 Å². The first-order valence-corrected chi connectivity index (χ1v) is 14.5. The van der Waals surface area contributed by atoms with Gasteiger partial charge in [0.1, 0.15) is 23.1 Å². The second-order valence-corrected chi connectivity index (χ2v) is 11.6. The summed E-state index contributed by atoms with van der Waals surface area (Å²) >= 11 is 13.5. The Morgan fingerprint density at radius 1 is 1.14 bits per heavy atom. The van der Waals surface area contributed by atoms with Gasteiger partial charge in [-0.25, -0.2) is 15.0 Å². The van der Waals surface area contributed by atoms with E-state index >= 15 is 0 Å². The number of anilines is 2. The van der Waals surface area contributed by atoms with Crippen LogP contribution >= 0.6 is 23.2 Å². The maximum absolute atomic E-state index is 12.0. The smallest absolute Gasteiger partial charge is 0.165 e. The van der Waals surface area contributed by atoms with Crippen molar-refractivity contribution < 1.29 is 23.7 Å². The van der Waals surface area contributed by atoms with Crippen molar-refractivity contribution in [2.45, 2.75) is 37.8 Å². The third kappa shape index (κ3) is 5.99. The first kappa shape index (κ1) is 30.3. The number of aromatic nitrogens is 3. The number of benzene rings is 1. The number of nitrogens with one attached hydrogen (secondary N) is 1. The standard InChI is InChI=1S/C30H35Cl2N5O5/c1-6-18(38)11-17-15-42-16-21(17)34-24-12-19-20(14-33-24)35-28(25-26(31)22(39-3)13-23(40-4)27(25)32)36-29(19)37-9-7-30(2,41-5)8-10-37/h6,12-14,17,21H,1,7-11,15-16H2,2-5H3,(H,33,34)/t17-,21+/m0/s1. The average Bonchev–Trinajstić information content (AvgIpc) is 3.43. The van der Waals surface area contributed by atoms with E-state index in [4.69, 9.17) is 52.1 Å². The number of ketones is 1. The van der Waals surface area contributed by atoms with Crippen molar-refractivity contribution in [1.82, 2.24) is 15.0 Å². The first-order valence-electron chi connectivity index (χ1n) is 13.8. The van der Waals surface area contributed by atoms with E-state index in [1.807, 2.05) is 6.07 Å². The Morgan fingerprint density at radius 2 is 1.83 bits per heavy atom. The van der Waals surface area contributed by atoms with Crippen LogP contribution in [0.3, 0.4) is 0 Å². The molecule has 3 aromatic rings. The summed E-state index contributed by atoms with van der Waals surface area (Å²) in [6.07, 6.45) is 5.08. The van der Waals surface area contributed by atoms with Gasteiger partial charge in [0.2, 0.25) is 0 Å². The monoisotopic (exact) mass is 615 g/mol.